The summed E-state index contributed by atoms with van der Waals surface area (Å²) in [5.74, 6) is 0.484. The van der Waals surface area contributed by atoms with Crippen molar-refractivity contribution in [2.24, 2.45) is 0 Å². The molecule has 0 fully saturated rings. The number of para-hydroxylation sites is 3. The number of nitrogens with one attached hydrogen (secondary N) is 3. The third kappa shape index (κ3) is 8.41. The van der Waals surface area contributed by atoms with Crippen LogP contribution in [0.3, 0.4) is 0 Å². The van der Waals surface area contributed by atoms with Crippen molar-refractivity contribution >= 4 is 34.8 Å². The normalized spacial score (nSPS) is 10.3. The molecule has 8 heteroatoms. The van der Waals surface area contributed by atoms with E-state index < -0.39 is 5.91 Å². The van der Waals surface area contributed by atoms with Gasteiger partial charge in [-0.25, -0.2) is 0 Å². The molecule has 7 nitrogen and oxygen atoms in total. The third-order valence-electron chi connectivity index (χ3n) is 5.67. The van der Waals surface area contributed by atoms with Crippen LogP contribution < -0.4 is 25.4 Å². The standard InChI is InChI=1S/C31H29N3O4S/c35-29(32-20-19-23-11-3-1-4-12-23)25-15-7-9-17-27(25)33-31(39)34-30(36)26-16-8-10-18-28(26)38-22-21-37-24-13-5-2-6-14-24/h1-18H,19-22H2,(H,32,35)(H2,33,34,36,39). The van der Waals surface area contributed by atoms with E-state index in [1.165, 1.54) is 0 Å². The minimum absolute atomic E-state index is 0.0618. The Bertz CT molecular complexity index is 1400. The fraction of sp³-hybridized carbons (Fsp3) is 0.129. The SMILES string of the molecule is O=C(NCCc1ccccc1)c1ccccc1NC(=S)NC(=O)c1ccccc1OCCOc1ccccc1. The Kier molecular flexibility index (Phi) is 10.0. The molecule has 4 rings (SSSR count). The van der Waals surface area contributed by atoms with Crippen LogP contribution in [0, 0.1) is 0 Å². The van der Waals surface area contributed by atoms with E-state index in [0.29, 0.717) is 35.7 Å². The summed E-state index contributed by atoms with van der Waals surface area (Å²) in [6.45, 7) is 1.07. The smallest absolute Gasteiger partial charge is 0.261 e. The number of amides is 2. The molecule has 0 radical (unpaired) electrons. The molecular weight excluding hydrogens is 510 g/mol. The number of hydrogen-bond donors (Lipinski definition) is 3. The largest absolute Gasteiger partial charge is 0.490 e. The van der Waals surface area contributed by atoms with Crippen LogP contribution in [-0.4, -0.2) is 36.7 Å². The van der Waals surface area contributed by atoms with E-state index in [0.717, 1.165) is 17.7 Å². The molecule has 39 heavy (non-hydrogen) atoms. The summed E-state index contributed by atoms with van der Waals surface area (Å²) in [6, 6.07) is 33.2. The molecule has 0 saturated heterocycles. The average Bonchev–Trinajstić information content (AvgIpc) is 2.97. The van der Waals surface area contributed by atoms with Crippen LogP contribution in [0.15, 0.2) is 109 Å². The minimum Gasteiger partial charge on any atom is -0.490 e. The van der Waals surface area contributed by atoms with Gasteiger partial charge in [0.05, 0.1) is 16.8 Å². The average molecular weight is 540 g/mol. The summed E-state index contributed by atoms with van der Waals surface area (Å²) in [5, 5.41) is 8.63. The molecule has 2 amide bonds. The second-order valence-corrected chi connectivity index (χ2v) is 8.86. The molecule has 3 N–H and O–H groups in total. The van der Waals surface area contributed by atoms with Crippen molar-refractivity contribution < 1.29 is 19.1 Å². The van der Waals surface area contributed by atoms with E-state index in [4.69, 9.17) is 21.7 Å². The lowest BCUT2D eigenvalue weighted by molar-refractivity contribution is 0.0952. The summed E-state index contributed by atoms with van der Waals surface area (Å²) < 4.78 is 11.4. The highest BCUT2D eigenvalue weighted by atomic mass is 32.1. The topological polar surface area (TPSA) is 88.7 Å². The number of thiocarbonyl (C=S) groups is 1. The number of ether oxygens (including phenoxy) is 2. The summed E-state index contributed by atoms with van der Waals surface area (Å²) in [5.41, 5.74) is 2.38. The Morgan fingerprint density at radius 2 is 1.28 bits per heavy atom. The lowest BCUT2D eigenvalue weighted by Crippen LogP contribution is -2.35. The first-order valence-corrected chi connectivity index (χ1v) is 12.9. The Hall–Kier alpha value is -4.69. The van der Waals surface area contributed by atoms with Crippen LogP contribution in [0.2, 0.25) is 0 Å². The van der Waals surface area contributed by atoms with Gasteiger partial charge in [0.2, 0.25) is 0 Å². The van der Waals surface area contributed by atoms with Crippen molar-refractivity contribution in [3.05, 3.63) is 126 Å². The number of benzene rings is 4. The molecule has 4 aromatic rings. The number of hydrogen-bond acceptors (Lipinski definition) is 5. The minimum atomic E-state index is -0.433. The van der Waals surface area contributed by atoms with Gasteiger partial charge in [-0.3, -0.25) is 14.9 Å². The zero-order valence-electron chi connectivity index (χ0n) is 21.3. The van der Waals surface area contributed by atoms with Crippen LogP contribution in [-0.2, 0) is 6.42 Å². The van der Waals surface area contributed by atoms with Crippen LogP contribution in [0.1, 0.15) is 26.3 Å². The Morgan fingerprint density at radius 1 is 0.667 bits per heavy atom. The lowest BCUT2D eigenvalue weighted by atomic mass is 10.1. The van der Waals surface area contributed by atoms with Crippen LogP contribution in [0.5, 0.6) is 11.5 Å². The fourth-order valence-electron chi connectivity index (χ4n) is 3.78. The van der Waals surface area contributed by atoms with Gasteiger partial charge in [-0.2, -0.15) is 0 Å². The van der Waals surface area contributed by atoms with Crippen molar-refractivity contribution in [2.45, 2.75) is 6.42 Å². The van der Waals surface area contributed by atoms with Crippen molar-refractivity contribution in [1.82, 2.24) is 10.6 Å². The van der Waals surface area contributed by atoms with E-state index in [1.807, 2.05) is 60.7 Å². The quantitative estimate of drug-likeness (QED) is 0.178. The maximum Gasteiger partial charge on any atom is 0.261 e. The molecule has 0 atom stereocenters. The molecule has 0 aromatic heterocycles. The number of rotatable bonds is 11. The molecule has 4 aromatic carbocycles. The van der Waals surface area contributed by atoms with Crippen molar-refractivity contribution in [1.29, 1.82) is 0 Å². The van der Waals surface area contributed by atoms with Crippen LogP contribution in [0.4, 0.5) is 5.69 Å². The first kappa shape index (κ1) is 27.3. The molecule has 0 unspecified atom stereocenters. The Labute approximate surface area is 233 Å². The summed E-state index contributed by atoms with van der Waals surface area (Å²) >= 11 is 5.38. The predicted molar refractivity (Wildman–Crippen MR) is 156 cm³/mol. The molecule has 198 valence electrons. The third-order valence-corrected chi connectivity index (χ3v) is 5.88. The fourth-order valence-corrected chi connectivity index (χ4v) is 3.99. The summed E-state index contributed by atoms with van der Waals surface area (Å²) in [7, 11) is 0. The van der Waals surface area contributed by atoms with E-state index in [2.05, 4.69) is 16.0 Å². The van der Waals surface area contributed by atoms with Crippen molar-refractivity contribution in [2.75, 3.05) is 25.1 Å². The second kappa shape index (κ2) is 14.3. The molecule has 0 aliphatic rings. The first-order chi connectivity index (χ1) is 19.1. The molecule has 0 bridgehead atoms. The lowest BCUT2D eigenvalue weighted by Gasteiger charge is -2.15. The summed E-state index contributed by atoms with van der Waals surface area (Å²) in [6.07, 6.45) is 0.719. The molecule has 0 aliphatic heterocycles. The summed E-state index contributed by atoms with van der Waals surface area (Å²) in [4.78, 5) is 25.8. The number of carbonyl (C=O) groups is 2. The van der Waals surface area contributed by atoms with Crippen LogP contribution >= 0.6 is 12.2 Å². The monoisotopic (exact) mass is 539 g/mol. The molecular formula is C31H29N3O4S. The van der Waals surface area contributed by atoms with Gasteiger partial charge in [-0.05, 0) is 60.6 Å². The zero-order chi connectivity index (χ0) is 27.3. The predicted octanol–water partition coefficient (Wildman–Crippen LogP) is 5.24. The molecule has 0 heterocycles. The second-order valence-electron chi connectivity index (χ2n) is 8.45. The zero-order valence-corrected chi connectivity index (χ0v) is 22.1. The van der Waals surface area contributed by atoms with Crippen LogP contribution in [0.25, 0.3) is 0 Å². The molecule has 0 aliphatic carbocycles. The van der Waals surface area contributed by atoms with Gasteiger partial charge in [-0.1, -0.05) is 72.8 Å². The van der Waals surface area contributed by atoms with E-state index in [9.17, 15) is 9.59 Å². The number of carbonyl (C=O) groups excluding carboxylic acids is 2. The van der Waals surface area contributed by atoms with Crippen molar-refractivity contribution in [3.8, 4) is 11.5 Å². The van der Waals surface area contributed by atoms with Crippen molar-refractivity contribution in [3.63, 3.8) is 0 Å². The first-order valence-electron chi connectivity index (χ1n) is 12.5. The molecule has 0 spiro atoms. The van der Waals surface area contributed by atoms with Gasteiger partial charge in [0.1, 0.15) is 24.7 Å². The van der Waals surface area contributed by atoms with E-state index in [1.54, 1.807) is 48.5 Å². The number of anilines is 1. The highest BCUT2D eigenvalue weighted by molar-refractivity contribution is 7.80. The Balaban J connectivity index is 1.30. The van der Waals surface area contributed by atoms with Gasteiger partial charge >= 0.3 is 0 Å². The highest BCUT2D eigenvalue weighted by Crippen LogP contribution is 2.19. The van der Waals surface area contributed by atoms with E-state index >= 15 is 0 Å². The maximum atomic E-state index is 13.0. The Morgan fingerprint density at radius 3 is 2.05 bits per heavy atom. The van der Waals surface area contributed by atoms with Gasteiger partial charge in [0.25, 0.3) is 11.8 Å². The van der Waals surface area contributed by atoms with Gasteiger partial charge < -0.3 is 20.1 Å². The van der Waals surface area contributed by atoms with Gasteiger partial charge in [0.15, 0.2) is 5.11 Å². The van der Waals surface area contributed by atoms with E-state index in [-0.39, 0.29) is 17.6 Å². The molecule has 0 saturated carbocycles. The highest BCUT2D eigenvalue weighted by Gasteiger charge is 2.16. The maximum absolute atomic E-state index is 13.0. The van der Waals surface area contributed by atoms with Gasteiger partial charge in [0, 0.05) is 6.54 Å². The van der Waals surface area contributed by atoms with Gasteiger partial charge in [-0.15, -0.1) is 0 Å².